The van der Waals surface area contributed by atoms with Crippen molar-refractivity contribution in [3.05, 3.63) is 29.8 Å². The van der Waals surface area contributed by atoms with Gasteiger partial charge in [0, 0.05) is 19.2 Å². The van der Waals surface area contributed by atoms with Gasteiger partial charge in [-0.05, 0) is 51.0 Å². The summed E-state index contributed by atoms with van der Waals surface area (Å²) in [7, 11) is 0. The Morgan fingerprint density at radius 1 is 1.36 bits per heavy atom. The molecule has 0 aliphatic carbocycles. The molecule has 2 N–H and O–H groups in total. The first-order valence-corrected chi connectivity index (χ1v) is 8.01. The maximum atomic E-state index is 12.1. The fraction of sp³-hybridized carbons (Fsp3) is 0.500. The third-order valence-corrected chi connectivity index (χ3v) is 3.29. The molecule has 0 fully saturated rings. The van der Waals surface area contributed by atoms with Gasteiger partial charge in [0.15, 0.2) is 0 Å². The van der Waals surface area contributed by atoms with Crippen LogP contribution in [0.15, 0.2) is 24.3 Å². The van der Waals surface area contributed by atoms with E-state index in [0.29, 0.717) is 11.4 Å². The normalized spacial score (nSPS) is 11.1. The van der Waals surface area contributed by atoms with Crippen LogP contribution in [0, 0.1) is 0 Å². The van der Waals surface area contributed by atoms with E-state index in [1.54, 1.807) is 12.2 Å². The summed E-state index contributed by atoms with van der Waals surface area (Å²) in [6, 6.07) is 5.57. The van der Waals surface area contributed by atoms with Crippen LogP contribution in [0.4, 0.5) is 5.69 Å². The van der Waals surface area contributed by atoms with E-state index in [2.05, 4.69) is 6.92 Å². The van der Waals surface area contributed by atoms with Gasteiger partial charge in [-0.2, -0.15) is 0 Å². The van der Waals surface area contributed by atoms with Crippen LogP contribution < -0.4 is 10.5 Å². The van der Waals surface area contributed by atoms with Crippen LogP contribution in [-0.4, -0.2) is 30.0 Å². The average Bonchev–Trinajstić information content (AvgIpc) is 2.48. The van der Waals surface area contributed by atoms with E-state index in [-0.39, 0.29) is 12.0 Å². The SMILES string of the molecule is CCCCN(CC)C(=O)/C=C\c1ccc(OC(C)C)c(N)c1. The van der Waals surface area contributed by atoms with Crippen LogP contribution in [0.1, 0.15) is 46.1 Å². The first-order valence-electron chi connectivity index (χ1n) is 8.01. The topological polar surface area (TPSA) is 55.6 Å². The molecule has 0 aliphatic heterocycles. The zero-order valence-corrected chi connectivity index (χ0v) is 14.1. The Hall–Kier alpha value is -1.97. The molecule has 0 bridgehead atoms. The molecule has 0 spiro atoms. The van der Waals surface area contributed by atoms with Gasteiger partial charge < -0.3 is 15.4 Å². The second kappa shape index (κ2) is 9.13. The number of benzene rings is 1. The lowest BCUT2D eigenvalue weighted by Crippen LogP contribution is -2.30. The highest BCUT2D eigenvalue weighted by Crippen LogP contribution is 2.24. The molecule has 0 radical (unpaired) electrons. The molecule has 0 heterocycles. The Morgan fingerprint density at radius 2 is 2.09 bits per heavy atom. The Labute approximate surface area is 133 Å². The van der Waals surface area contributed by atoms with E-state index in [1.807, 2.05) is 43.9 Å². The molecule has 0 unspecified atom stereocenters. The molecule has 0 aliphatic rings. The molecule has 0 saturated heterocycles. The first kappa shape index (κ1) is 18.1. The minimum absolute atomic E-state index is 0.0389. The highest BCUT2D eigenvalue weighted by molar-refractivity contribution is 5.92. The largest absolute Gasteiger partial charge is 0.489 e. The maximum Gasteiger partial charge on any atom is 0.246 e. The van der Waals surface area contributed by atoms with Crippen molar-refractivity contribution in [1.82, 2.24) is 4.90 Å². The molecular formula is C18H28N2O2. The van der Waals surface area contributed by atoms with Gasteiger partial charge >= 0.3 is 0 Å². The van der Waals surface area contributed by atoms with Crippen LogP contribution in [0.3, 0.4) is 0 Å². The number of likely N-dealkylation sites (N-methyl/N-ethyl adjacent to an activating group) is 1. The summed E-state index contributed by atoms with van der Waals surface area (Å²) in [5.74, 6) is 0.716. The first-order chi connectivity index (χ1) is 10.5. The van der Waals surface area contributed by atoms with E-state index in [1.165, 1.54) is 0 Å². The summed E-state index contributed by atoms with van der Waals surface area (Å²) in [5, 5.41) is 0. The second-order valence-corrected chi connectivity index (χ2v) is 5.57. The van der Waals surface area contributed by atoms with Gasteiger partial charge in [0.05, 0.1) is 11.8 Å². The van der Waals surface area contributed by atoms with Crippen molar-refractivity contribution in [3.63, 3.8) is 0 Å². The number of rotatable bonds is 8. The van der Waals surface area contributed by atoms with Crippen LogP contribution in [0.5, 0.6) is 5.75 Å². The number of carbonyl (C=O) groups excluding carboxylic acids is 1. The molecule has 1 aromatic carbocycles. The number of nitrogen functional groups attached to an aromatic ring is 1. The summed E-state index contributed by atoms with van der Waals surface area (Å²) >= 11 is 0. The highest BCUT2D eigenvalue weighted by atomic mass is 16.5. The van der Waals surface area contributed by atoms with Crippen LogP contribution in [-0.2, 0) is 4.79 Å². The lowest BCUT2D eigenvalue weighted by molar-refractivity contribution is -0.125. The molecule has 1 rings (SSSR count). The van der Waals surface area contributed by atoms with Crippen LogP contribution in [0.2, 0.25) is 0 Å². The minimum Gasteiger partial charge on any atom is -0.489 e. The fourth-order valence-corrected chi connectivity index (χ4v) is 2.08. The zero-order valence-electron chi connectivity index (χ0n) is 14.1. The summed E-state index contributed by atoms with van der Waals surface area (Å²) in [4.78, 5) is 14.0. The number of nitrogens with two attached hydrogens (primary N) is 1. The summed E-state index contributed by atoms with van der Waals surface area (Å²) in [5.41, 5.74) is 7.46. The van der Waals surface area contributed by atoms with Gasteiger partial charge in [0.25, 0.3) is 0 Å². The van der Waals surface area contributed by atoms with Crippen LogP contribution in [0.25, 0.3) is 6.08 Å². The molecule has 4 heteroatoms. The molecule has 122 valence electrons. The number of nitrogens with zero attached hydrogens (tertiary/aromatic N) is 1. The number of ether oxygens (including phenoxy) is 1. The van der Waals surface area contributed by atoms with Gasteiger partial charge in [0.2, 0.25) is 5.91 Å². The van der Waals surface area contributed by atoms with Crippen molar-refractivity contribution in [2.45, 2.75) is 46.6 Å². The third-order valence-electron chi connectivity index (χ3n) is 3.29. The quantitative estimate of drug-likeness (QED) is 0.588. The Morgan fingerprint density at radius 3 is 2.64 bits per heavy atom. The molecular weight excluding hydrogens is 276 g/mol. The molecule has 0 saturated carbocycles. The van der Waals surface area contributed by atoms with Crippen molar-refractivity contribution < 1.29 is 9.53 Å². The fourth-order valence-electron chi connectivity index (χ4n) is 2.08. The van der Waals surface area contributed by atoms with Gasteiger partial charge in [-0.25, -0.2) is 0 Å². The standard InChI is InChI=1S/C18H28N2O2/c1-5-7-12-20(6-2)18(21)11-9-15-8-10-17(16(19)13-15)22-14(3)4/h8-11,13-14H,5-7,12,19H2,1-4H3/b11-9-. The molecule has 0 atom stereocenters. The molecule has 1 amide bonds. The lowest BCUT2D eigenvalue weighted by atomic mass is 10.1. The number of hydrogen-bond donors (Lipinski definition) is 1. The van der Waals surface area contributed by atoms with Gasteiger partial charge in [-0.1, -0.05) is 19.4 Å². The van der Waals surface area contributed by atoms with Gasteiger partial charge in [-0.3, -0.25) is 4.79 Å². The summed E-state index contributed by atoms with van der Waals surface area (Å²) < 4.78 is 5.60. The van der Waals surface area contributed by atoms with Crippen molar-refractivity contribution in [3.8, 4) is 5.75 Å². The Bertz CT molecular complexity index is 510. The Kier molecular flexibility index (Phi) is 7.50. The predicted molar refractivity (Wildman–Crippen MR) is 92.8 cm³/mol. The highest BCUT2D eigenvalue weighted by Gasteiger charge is 2.07. The average molecular weight is 304 g/mol. The number of hydrogen-bond acceptors (Lipinski definition) is 3. The number of anilines is 1. The number of amides is 1. The molecule has 22 heavy (non-hydrogen) atoms. The minimum atomic E-state index is 0.0389. The van der Waals surface area contributed by atoms with Gasteiger partial charge in [-0.15, -0.1) is 0 Å². The number of unbranched alkanes of at least 4 members (excludes halogenated alkanes) is 1. The van der Waals surface area contributed by atoms with E-state index in [9.17, 15) is 4.79 Å². The van der Waals surface area contributed by atoms with E-state index in [0.717, 1.165) is 31.5 Å². The maximum absolute atomic E-state index is 12.1. The van der Waals surface area contributed by atoms with E-state index >= 15 is 0 Å². The van der Waals surface area contributed by atoms with Crippen molar-refractivity contribution in [2.75, 3.05) is 18.8 Å². The van der Waals surface area contributed by atoms with E-state index in [4.69, 9.17) is 10.5 Å². The van der Waals surface area contributed by atoms with Gasteiger partial charge in [0.1, 0.15) is 5.75 Å². The summed E-state index contributed by atoms with van der Waals surface area (Å²) in [6.45, 7) is 9.57. The second-order valence-electron chi connectivity index (χ2n) is 5.57. The van der Waals surface area contributed by atoms with E-state index < -0.39 is 0 Å². The lowest BCUT2D eigenvalue weighted by Gasteiger charge is -2.18. The smallest absolute Gasteiger partial charge is 0.246 e. The monoisotopic (exact) mass is 304 g/mol. The number of carbonyl (C=O) groups is 1. The van der Waals surface area contributed by atoms with Crippen LogP contribution >= 0.6 is 0 Å². The van der Waals surface area contributed by atoms with Crippen molar-refractivity contribution in [1.29, 1.82) is 0 Å². The molecule has 1 aromatic rings. The predicted octanol–water partition coefficient (Wildman–Crippen LogP) is 3.72. The van der Waals surface area contributed by atoms with Crippen molar-refractivity contribution >= 4 is 17.7 Å². The zero-order chi connectivity index (χ0) is 16.5. The third kappa shape index (κ3) is 5.80. The molecule has 0 aromatic heterocycles. The summed E-state index contributed by atoms with van der Waals surface area (Å²) in [6.07, 6.45) is 5.61. The van der Waals surface area contributed by atoms with Crippen molar-refractivity contribution in [2.24, 2.45) is 0 Å². The molecule has 4 nitrogen and oxygen atoms in total. The Balaban J connectivity index is 2.72.